The van der Waals surface area contributed by atoms with E-state index in [9.17, 15) is 4.79 Å². The minimum atomic E-state index is 0.0282. The molecule has 0 unspecified atom stereocenters. The van der Waals surface area contributed by atoms with Crippen molar-refractivity contribution in [2.75, 3.05) is 12.3 Å². The van der Waals surface area contributed by atoms with Crippen LogP contribution in [0.5, 0.6) is 0 Å². The van der Waals surface area contributed by atoms with Gasteiger partial charge in [-0.05, 0) is 25.8 Å². The van der Waals surface area contributed by atoms with E-state index in [1.54, 1.807) is 12.3 Å². The average Bonchev–Trinajstić information content (AvgIpc) is 3.16. The van der Waals surface area contributed by atoms with Gasteiger partial charge in [-0.1, -0.05) is 0 Å². The van der Waals surface area contributed by atoms with Gasteiger partial charge < -0.3 is 10.6 Å². The molecule has 1 amide bonds. The van der Waals surface area contributed by atoms with Crippen LogP contribution in [-0.4, -0.2) is 33.6 Å². The lowest BCUT2D eigenvalue weighted by Crippen LogP contribution is -2.32. The van der Waals surface area contributed by atoms with Crippen molar-refractivity contribution in [3.63, 3.8) is 0 Å². The van der Waals surface area contributed by atoms with Gasteiger partial charge in [-0.2, -0.15) is 5.10 Å². The average molecular weight is 262 g/mol. The van der Waals surface area contributed by atoms with Gasteiger partial charge in [0, 0.05) is 18.0 Å². The number of rotatable bonds is 3. The monoisotopic (exact) mass is 262 g/mol. The number of carbonyl (C=O) groups excluding carboxylic acids is 1. The molecule has 1 fully saturated rings. The molecule has 94 valence electrons. The van der Waals surface area contributed by atoms with Crippen LogP contribution in [0.25, 0.3) is 10.2 Å². The Morgan fingerprint density at radius 3 is 3.00 bits per heavy atom. The topological polar surface area (TPSA) is 72.1 Å². The summed E-state index contributed by atoms with van der Waals surface area (Å²) >= 11 is 1.33. The Labute approximate surface area is 109 Å². The summed E-state index contributed by atoms with van der Waals surface area (Å²) in [5.41, 5.74) is 6.58. The normalized spacial score (nSPS) is 14.9. The summed E-state index contributed by atoms with van der Waals surface area (Å²) < 4.78 is 0. The summed E-state index contributed by atoms with van der Waals surface area (Å²) in [6.45, 7) is 2.72. The Kier molecular flexibility index (Phi) is 2.66. The number of aromatic nitrogens is 2. The largest absolute Gasteiger partial charge is 0.397 e. The molecule has 1 aliphatic carbocycles. The molecule has 2 aromatic rings. The van der Waals surface area contributed by atoms with Gasteiger partial charge in [0.2, 0.25) is 0 Å². The summed E-state index contributed by atoms with van der Waals surface area (Å²) in [6.07, 6.45) is 3.80. The predicted octanol–water partition coefficient (Wildman–Crippen LogP) is 1.90. The molecule has 0 bridgehead atoms. The van der Waals surface area contributed by atoms with Crippen LogP contribution >= 0.6 is 11.3 Å². The van der Waals surface area contributed by atoms with Crippen LogP contribution in [-0.2, 0) is 0 Å². The Morgan fingerprint density at radius 2 is 2.39 bits per heavy atom. The van der Waals surface area contributed by atoms with Crippen molar-refractivity contribution in [3.8, 4) is 0 Å². The van der Waals surface area contributed by atoms with Crippen LogP contribution in [0.1, 0.15) is 29.4 Å². The van der Waals surface area contributed by atoms with Gasteiger partial charge in [0.05, 0.1) is 11.9 Å². The quantitative estimate of drug-likeness (QED) is 0.917. The maximum Gasteiger partial charge on any atom is 0.266 e. The van der Waals surface area contributed by atoms with E-state index in [1.807, 2.05) is 11.8 Å². The lowest BCUT2D eigenvalue weighted by molar-refractivity contribution is 0.0758. The van der Waals surface area contributed by atoms with E-state index in [1.165, 1.54) is 11.3 Å². The molecule has 0 radical (unpaired) electrons. The van der Waals surface area contributed by atoms with E-state index in [0.717, 1.165) is 29.6 Å². The van der Waals surface area contributed by atoms with E-state index in [-0.39, 0.29) is 5.91 Å². The smallest absolute Gasteiger partial charge is 0.266 e. The summed E-state index contributed by atoms with van der Waals surface area (Å²) in [4.78, 5) is 15.7. The highest BCUT2D eigenvalue weighted by atomic mass is 32.1. The number of nitrogens with two attached hydrogens (primary N) is 1. The first-order valence-electron chi connectivity index (χ1n) is 6.03. The summed E-state index contributed by atoms with van der Waals surface area (Å²) in [6, 6.07) is 2.21. The molecule has 0 aliphatic heterocycles. The highest BCUT2D eigenvalue weighted by molar-refractivity contribution is 7.21. The van der Waals surface area contributed by atoms with Crippen molar-refractivity contribution in [2.24, 2.45) is 0 Å². The number of hydrogen-bond donors (Lipinski definition) is 1. The Morgan fingerprint density at radius 1 is 1.61 bits per heavy atom. The number of carbonyl (C=O) groups is 1. The van der Waals surface area contributed by atoms with Crippen molar-refractivity contribution in [1.29, 1.82) is 0 Å². The van der Waals surface area contributed by atoms with Crippen LogP contribution in [0.15, 0.2) is 12.3 Å². The molecule has 2 heterocycles. The van der Waals surface area contributed by atoms with Gasteiger partial charge in [0.15, 0.2) is 0 Å². The molecule has 6 heteroatoms. The van der Waals surface area contributed by atoms with Crippen LogP contribution < -0.4 is 5.73 Å². The minimum Gasteiger partial charge on any atom is -0.397 e. The van der Waals surface area contributed by atoms with E-state index in [0.29, 0.717) is 16.6 Å². The molecule has 0 atom stereocenters. The lowest BCUT2D eigenvalue weighted by atomic mass is 10.2. The summed E-state index contributed by atoms with van der Waals surface area (Å²) in [5, 5.41) is 8.65. The van der Waals surface area contributed by atoms with E-state index in [2.05, 4.69) is 10.2 Å². The molecule has 2 aromatic heterocycles. The van der Waals surface area contributed by atoms with E-state index in [4.69, 9.17) is 5.73 Å². The second-order valence-corrected chi connectivity index (χ2v) is 5.42. The fourth-order valence-corrected chi connectivity index (χ4v) is 3.11. The van der Waals surface area contributed by atoms with Crippen LogP contribution in [0.3, 0.4) is 0 Å². The SMILES string of the molecule is CCN(C(=O)c1sc2nnccc2c1N)C1CC1. The first-order valence-corrected chi connectivity index (χ1v) is 6.84. The minimum absolute atomic E-state index is 0.0282. The molecule has 5 nitrogen and oxygen atoms in total. The summed E-state index contributed by atoms with van der Waals surface area (Å²) in [7, 11) is 0. The zero-order valence-corrected chi connectivity index (χ0v) is 10.9. The van der Waals surface area contributed by atoms with E-state index >= 15 is 0 Å². The van der Waals surface area contributed by atoms with Gasteiger partial charge in [0.1, 0.15) is 9.71 Å². The standard InChI is InChI=1S/C12H14N4OS/c1-2-16(7-3-4-7)12(17)10-9(13)8-5-6-14-15-11(8)18-10/h5-7H,2-4,13H2,1H3. The maximum absolute atomic E-state index is 12.5. The van der Waals surface area contributed by atoms with Crippen molar-refractivity contribution in [3.05, 3.63) is 17.1 Å². The molecule has 0 aromatic carbocycles. The molecular formula is C12H14N4OS. The molecular weight excluding hydrogens is 248 g/mol. The Hall–Kier alpha value is -1.69. The first kappa shape index (κ1) is 11.4. The number of anilines is 1. The fraction of sp³-hybridized carbons (Fsp3) is 0.417. The Balaban J connectivity index is 2.02. The van der Waals surface area contributed by atoms with Crippen molar-refractivity contribution in [2.45, 2.75) is 25.8 Å². The molecule has 0 saturated heterocycles. The second kappa shape index (κ2) is 4.20. The Bertz CT molecular complexity index is 605. The maximum atomic E-state index is 12.5. The highest BCUT2D eigenvalue weighted by Gasteiger charge is 2.33. The van der Waals surface area contributed by atoms with Crippen molar-refractivity contribution in [1.82, 2.24) is 15.1 Å². The van der Waals surface area contributed by atoms with Crippen molar-refractivity contribution < 1.29 is 4.79 Å². The number of fused-ring (bicyclic) bond motifs is 1. The third-order valence-corrected chi connectivity index (χ3v) is 4.30. The molecule has 1 aliphatic rings. The number of nitrogens with zero attached hydrogens (tertiary/aromatic N) is 3. The molecule has 1 saturated carbocycles. The second-order valence-electron chi connectivity index (χ2n) is 4.42. The summed E-state index contributed by atoms with van der Waals surface area (Å²) in [5.74, 6) is 0.0282. The predicted molar refractivity (Wildman–Crippen MR) is 71.6 cm³/mol. The number of amides is 1. The van der Waals surface area contributed by atoms with Crippen LogP contribution in [0.2, 0.25) is 0 Å². The molecule has 18 heavy (non-hydrogen) atoms. The van der Waals surface area contributed by atoms with Crippen molar-refractivity contribution >= 4 is 33.1 Å². The van der Waals surface area contributed by atoms with Gasteiger partial charge >= 0.3 is 0 Å². The lowest BCUT2D eigenvalue weighted by Gasteiger charge is -2.19. The highest BCUT2D eigenvalue weighted by Crippen LogP contribution is 2.35. The number of hydrogen-bond acceptors (Lipinski definition) is 5. The zero-order chi connectivity index (χ0) is 12.7. The van der Waals surface area contributed by atoms with Gasteiger partial charge in [-0.15, -0.1) is 16.4 Å². The van der Waals surface area contributed by atoms with Gasteiger partial charge in [-0.25, -0.2) is 0 Å². The third kappa shape index (κ3) is 1.73. The van der Waals surface area contributed by atoms with E-state index < -0.39 is 0 Å². The van der Waals surface area contributed by atoms with Gasteiger partial charge in [0.25, 0.3) is 5.91 Å². The molecule has 3 rings (SSSR count). The third-order valence-electron chi connectivity index (χ3n) is 3.20. The fourth-order valence-electron chi connectivity index (χ4n) is 2.12. The van der Waals surface area contributed by atoms with Gasteiger partial charge in [-0.3, -0.25) is 4.79 Å². The number of thiophene rings is 1. The van der Waals surface area contributed by atoms with Crippen LogP contribution in [0.4, 0.5) is 5.69 Å². The number of nitrogen functional groups attached to an aromatic ring is 1. The van der Waals surface area contributed by atoms with Crippen LogP contribution in [0, 0.1) is 0 Å². The molecule has 0 spiro atoms. The first-order chi connectivity index (χ1) is 8.72. The zero-order valence-electron chi connectivity index (χ0n) is 10.1. The molecule has 2 N–H and O–H groups in total.